The molecule has 3 aromatic rings. The first-order valence-electron chi connectivity index (χ1n) is 11.8. The molecule has 3 aromatic heterocycles. The van der Waals surface area contributed by atoms with Crippen molar-refractivity contribution in [3.05, 3.63) is 36.5 Å². The van der Waals surface area contributed by atoms with Gasteiger partial charge in [-0.3, -0.25) is 9.88 Å². The van der Waals surface area contributed by atoms with Gasteiger partial charge in [-0.1, -0.05) is 0 Å². The van der Waals surface area contributed by atoms with Crippen LogP contribution in [0.4, 0.5) is 5.82 Å². The van der Waals surface area contributed by atoms with Crippen LogP contribution < -0.4 is 4.90 Å². The summed E-state index contributed by atoms with van der Waals surface area (Å²) in [6.45, 7) is 5.46. The average molecular weight is 443 g/mol. The van der Waals surface area contributed by atoms with Gasteiger partial charge in [0, 0.05) is 43.8 Å². The first-order chi connectivity index (χ1) is 16.2. The van der Waals surface area contributed by atoms with E-state index in [4.69, 9.17) is 4.74 Å². The molecule has 4 aliphatic rings. The average Bonchev–Trinajstić information content (AvgIpc) is 3.53. The Balaban J connectivity index is 1.21. The third-order valence-electron chi connectivity index (χ3n) is 8.08. The van der Waals surface area contributed by atoms with Crippen molar-refractivity contribution in [3.63, 3.8) is 0 Å². The summed E-state index contributed by atoms with van der Waals surface area (Å²) in [5.41, 5.74) is 1.75. The van der Waals surface area contributed by atoms with Crippen LogP contribution in [0.5, 0.6) is 0 Å². The number of nitrogens with zero attached hydrogens (tertiary/aromatic N) is 8. The van der Waals surface area contributed by atoms with Crippen LogP contribution in [0.15, 0.2) is 30.9 Å². The number of piperazine rings is 1. The van der Waals surface area contributed by atoms with Gasteiger partial charge in [0.1, 0.15) is 17.6 Å². The van der Waals surface area contributed by atoms with Gasteiger partial charge in [-0.15, -0.1) is 0 Å². The van der Waals surface area contributed by atoms with E-state index in [1.54, 1.807) is 6.33 Å². The maximum Gasteiger partial charge on any atom is 0.159 e. The van der Waals surface area contributed by atoms with Crippen molar-refractivity contribution >= 4 is 16.7 Å². The molecular weight excluding hydrogens is 416 g/mol. The van der Waals surface area contributed by atoms with E-state index in [-0.39, 0.29) is 0 Å². The second-order valence-corrected chi connectivity index (χ2v) is 10.2. The molecule has 0 aromatic carbocycles. The number of fused-ring (bicyclic) bond motifs is 2. The lowest BCUT2D eigenvalue weighted by Crippen LogP contribution is -2.58. The maximum atomic E-state index is 9.97. The van der Waals surface area contributed by atoms with Crippen molar-refractivity contribution in [3.8, 4) is 11.9 Å². The minimum Gasteiger partial charge on any atom is -0.378 e. The Morgan fingerprint density at radius 3 is 2.76 bits per heavy atom. The third kappa shape index (κ3) is 3.05. The fourth-order valence-electron chi connectivity index (χ4n) is 6.02. The van der Waals surface area contributed by atoms with Gasteiger partial charge < -0.3 is 9.64 Å². The molecule has 4 fully saturated rings. The van der Waals surface area contributed by atoms with E-state index in [0.29, 0.717) is 11.5 Å². The normalized spacial score (nSPS) is 25.4. The number of pyridine rings is 1. The lowest BCUT2D eigenvalue weighted by atomic mass is 9.58. The minimum atomic E-state index is -0.460. The van der Waals surface area contributed by atoms with E-state index < -0.39 is 5.41 Å². The van der Waals surface area contributed by atoms with Gasteiger partial charge in [0.05, 0.1) is 42.7 Å². The molecule has 9 heteroatoms. The van der Waals surface area contributed by atoms with E-state index in [1.807, 2.05) is 29.2 Å². The molecule has 1 spiro atoms. The summed E-state index contributed by atoms with van der Waals surface area (Å²) in [7, 11) is 0. The van der Waals surface area contributed by atoms with Crippen LogP contribution in [-0.2, 0) is 10.2 Å². The van der Waals surface area contributed by atoms with Crippen molar-refractivity contribution < 1.29 is 4.74 Å². The highest BCUT2D eigenvalue weighted by Gasteiger charge is 2.62. The molecule has 2 aliphatic carbocycles. The predicted octanol–water partition coefficient (Wildman–Crippen LogP) is 2.07. The SMILES string of the molecule is N#CC1(c2cc3c(cn2)cnn3-c2cc(N3CCN4CCOCC4C3)ncn2)CC2(CC2)C1. The fraction of sp³-hybridized carbons (Fsp3) is 0.542. The van der Waals surface area contributed by atoms with Crippen molar-refractivity contribution in [2.24, 2.45) is 5.41 Å². The zero-order chi connectivity index (χ0) is 22.0. The Bertz CT molecular complexity index is 1270. The Labute approximate surface area is 192 Å². The maximum absolute atomic E-state index is 9.97. The lowest BCUT2D eigenvalue weighted by molar-refractivity contribution is -0.0117. The van der Waals surface area contributed by atoms with Crippen LogP contribution in [0.3, 0.4) is 0 Å². The van der Waals surface area contributed by atoms with Crippen molar-refractivity contribution in [1.82, 2.24) is 29.6 Å². The van der Waals surface area contributed by atoms with Crippen molar-refractivity contribution in [1.29, 1.82) is 5.26 Å². The zero-order valence-electron chi connectivity index (χ0n) is 18.5. The molecule has 0 bridgehead atoms. The topological polar surface area (TPSA) is 96.0 Å². The molecule has 2 saturated heterocycles. The van der Waals surface area contributed by atoms with Gasteiger partial charge >= 0.3 is 0 Å². The summed E-state index contributed by atoms with van der Waals surface area (Å²) in [6.07, 6.45) is 9.63. The van der Waals surface area contributed by atoms with Crippen LogP contribution in [0.2, 0.25) is 0 Å². The van der Waals surface area contributed by atoms with Crippen molar-refractivity contribution in [2.45, 2.75) is 37.1 Å². The molecule has 33 heavy (non-hydrogen) atoms. The largest absolute Gasteiger partial charge is 0.378 e. The second-order valence-electron chi connectivity index (χ2n) is 10.2. The molecule has 7 rings (SSSR count). The quantitative estimate of drug-likeness (QED) is 0.608. The monoisotopic (exact) mass is 442 g/mol. The molecule has 1 atom stereocenters. The number of rotatable bonds is 3. The molecule has 2 aliphatic heterocycles. The smallest absolute Gasteiger partial charge is 0.159 e. The van der Waals surface area contributed by atoms with E-state index >= 15 is 0 Å². The highest BCUT2D eigenvalue weighted by Crippen LogP contribution is 2.68. The lowest BCUT2D eigenvalue weighted by Gasteiger charge is -2.44. The minimum absolute atomic E-state index is 0.407. The predicted molar refractivity (Wildman–Crippen MR) is 121 cm³/mol. The first-order valence-corrected chi connectivity index (χ1v) is 11.8. The van der Waals surface area contributed by atoms with E-state index in [1.165, 1.54) is 12.8 Å². The Morgan fingerprint density at radius 1 is 1.03 bits per heavy atom. The third-order valence-corrected chi connectivity index (χ3v) is 8.08. The molecule has 9 nitrogen and oxygen atoms in total. The number of aromatic nitrogens is 5. The molecule has 0 N–H and O–H groups in total. The number of nitriles is 1. The Hall–Kier alpha value is -3.09. The van der Waals surface area contributed by atoms with Crippen LogP contribution in [0.1, 0.15) is 31.4 Å². The Morgan fingerprint density at radius 2 is 1.91 bits per heavy atom. The summed E-state index contributed by atoms with van der Waals surface area (Å²) in [4.78, 5) is 18.6. The second kappa shape index (κ2) is 6.95. The van der Waals surface area contributed by atoms with Crippen molar-refractivity contribution in [2.75, 3.05) is 44.3 Å². The summed E-state index contributed by atoms with van der Waals surface area (Å²) in [6, 6.07) is 7.04. The molecule has 168 valence electrons. The molecule has 0 radical (unpaired) electrons. The highest BCUT2D eigenvalue weighted by molar-refractivity contribution is 5.80. The molecule has 0 amide bonds. The molecular formula is C24H26N8O. The van der Waals surface area contributed by atoms with E-state index in [0.717, 1.165) is 80.5 Å². The van der Waals surface area contributed by atoms with Gasteiger partial charge in [0.25, 0.3) is 0 Å². The summed E-state index contributed by atoms with van der Waals surface area (Å²) < 4.78 is 7.54. The van der Waals surface area contributed by atoms with Gasteiger partial charge in [-0.25, -0.2) is 14.6 Å². The van der Waals surface area contributed by atoms with E-state index in [2.05, 4.69) is 35.9 Å². The molecule has 5 heterocycles. The molecule has 2 saturated carbocycles. The highest BCUT2D eigenvalue weighted by atomic mass is 16.5. The summed E-state index contributed by atoms with van der Waals surface area (Å²) in [5, 5.41) is 15.5. The van der Waals surface area contributed by atoms with Crippen LogP contribution >= 0.6 is 0 Å². The van der Waals surface area contributed by atoms with E-state index in [9.17, 15) is 5.26 Å². The van der Waals surface area contributed by atoms with Crippen LogP contribution in [-0.4, -0.2) is 75.1 Å². The van der Waals surface area contributed by atoms with Gasteiger partial charge in [-0.05, 0) is 37.2 Å². The first kappa shape index (κ1) is 19.4. The van der Waals surface area contributed by atoms with Gasteiger partial charge in [0.2, 0.25) is 0 Å². The van der Waals surface area contributed by atoms with Crippen LogP contribution in [0, 0.1) is 16.7 Å². The number of anilines is 1. The number of hydrogen-bond acceptors (Lipinski definition) is 8. The summed E-state index contributed by atoms with van der Waals surface area (Å²) in [5.74, 6) is 1.64. The zero-order valence-corrected chi connectivity index (χ0v) is 18.5. The number of ether oxygens (including phenoxy) is 1. The Kier molecular flexibility index (Phi) is 4.08. The van der Waals surface area contributed by atoms with Crippen LogP contribution in [0.25, 0.3) is 16.7 Å². The number of morpholine rings is 1. The number of hydrogen-bond donors (Lipinski definition) is 0. The molecule has 1 unspecified atom stereocenters. The fourth-order valence-corrected chi connectivity index (χ4v) is 6.02. The standard InChI is InChI=1S/C24H26N8O/c25-15-24(13-23(14-24)1-2-23)20-7-19-17(9-26-20)10-29-32(19)22-8-21(27-16-28-22)31-4-3-30-5-6-33-12-18(30)11-31/h7-10,16,18H,1-6,11-14H2. The van der Waals surface area contributed by atoms with Gasteiger partial charge in [-0.2, -0.15) is 10.4 Å². The van der Waals surface area contributed by atoms with Gasteiger partial charge in [0.15, 0.2) is 5.82 Å². The summed E-state index contributed by atoms with van der Waals surface area (Å²) >= 11 is 0.